The van der Waals surface area contributed by atoms with E-state index >= 15 is 0 Å². The Bertz CT molecular complexity index is 1550. The molecule has 2 aromatic heterocycles. The molecule has 0 N–H and O–H groups in total. The van der Waals surface area contributed by atoms with E-state index in [1.807, 2.05) is 30.5 Å². The molecule has 0 spiro atoms. The number of pyridine rings is 2. The van der Waals surface area contributed by atoms with Crippen LogP contribution in [-0.4, -0.2) is 34.1 Å². The Morgan fingerprint density at radius 2 is 1.58 bits per heavy atom. The summed E-state index contributed by atoms with van der Waals surface area (Å²) in [4.78, 5) is 12.3. The van der Waals surface area contributed by atoms with Gasteiger partial charge < -0.3 is 9.47 Å². The van der Waals surface area contributed by atoms with E-state index in [-0.39, 0.29) is 0 Å². The smallest absolute Gasteiger partial charge is 0.0744 e. The second-order valence-corrected chi connectivity index (χ2v) is 9.75. The lowest BCUT2D eigenvalue weighted by Gasteiger charge is -2.26. The van der Waals surface area contributed by atoms with Crippen LogP contribution in [0.4, 0.5) is 5.69 Å². The first kappa shape index (κ1) is 22.7. The van der Waals surface area contributed by atoms with Crippen molar-refractivity contribution < 1.29 is 0 Å². The highest BCUT2D eigenvalue weighted by Gasteiger charge is 2.11. The molecule has 0 unspecified atom stereocenters. The molecule has 4 nitrogen and oxygen atoms in total. The molecule has 3 aromatic carbocycles. The fraction of sp³-hybridized carbons (Fsp3) is 0.250. The topological polar surface area (TPSA) is 33.4 Å². The van der Waals surface area contributed by atoms with E-state index in [0.717, 1.165) is 40.5 Å². The van der Waals surface area contributed by atoms with Gasteiger partial charge in [-0.1, -0.05) is 55.0 Å². The van der Waals surface area contributed by atoms with E-state index in [1.54, 1.807) is 0 Å². The van der Waals surface area contributed by atoms with E-state index < -0.39 is 0 Å². The molecular weight excluding hydrogens is 440 g/mol. The maximum Gasteiger partial charge on any atom is 0.0744 e. The van der Waals surface area contributed by atoms with Crippen LogP contribution in [-0.2, 0) is 6.54 Å². The van der Waals surface area contributed by atoms with Crippen LogP contribution in [0.2, 0.25) is 0 Å². The number of fused-ring (bicyclic) bond motifs is 2. The first-order valence-electron chi connectivity index (χ1n) is 13.1. The monoisotopic (exact) mass is 472 g/mol. The minimum absolute atomic E-state index is 0.976. The van der Waals surface area contributed by atoms with Crippen molar-refractivity contribution in [3.8, 4) is 11.1 Å². The third kappa shape index (κ3) is 4.95. The lowest BCUT2D eigenvalue weighted by molar-refractivity contribution is 0.223. The summed E-state index contributed by atoms with van der Waals surface area (Å²) >= 11 is 0. The van der Waals surface area contributed by atoms with Crippen molar-refractivity contribution in [2.45, 2.75) is 32.2 Å². The van der Waals surface area contributed by atoms with Gasteiger partial charge in [0.25, 0.3) is 0 Å². The SMILES string of the molecule is c1ccc(N=c2ccn(CCCN3CCCCC3)c3cc(-c4cnc5ccccc5c4)ccc23)cc1. The van der Waals surface area contributed by atoms with Gasteiger partial charge >= 0.3 is 0 Å². The van der Waals surface area contributed by atoms with Crippen LogP contribution in [0, 0.1) is 0 Å². The summed E-state index contributed by atoms with van der Waals surface area (Å²) in [6, 6.07) is 29.7. The Morgan fingerprint density at radius 3 is 2.47 bits per heavy atom. The predicted molar refractivity (Wildman–Crippen MR) is 149 cm³/mol. The minimum Gasteiger partial charge on any atom is -0.347 e. The van der Waals surface area contributed by atoms with E-state index in [1.165, 1.54) is 55.4 Å². The lowest BCUT2D eigenvalue weighted by atomic mass is 10.0. The molecule has 0 saturated carbocycles. The van der Waals surface area contributed by atoms with Gasteiger partial charge in [-0.05, 0) is 80.9 Å². The summed E-state index contributed by atoms with van der Waals surface area (Å²) in [5.74, 6) is 0. The summed E-state index contributed by atoms with van der Waals surface area (Å²) < 4.78 is 2.40. The summed E-state index contributed by atoms with van der Waals surface area (Å²) in [7, 11) is 0. The van der Waals surface area contributed by atoms with Crippen molar-refractivity contribution in [2.24, 2.45) is 4.99 Å². The Hall–Kier alpha value is -3.76. The Balaban J connectivity index is 1.39. The van der Waals surface area contributed by atoms with Crippen LogP contribution >= 0.6 is 0 Å². The van der Waals surface area contributed by atoms with E-state index in [4.69, 9.17) is 9.98 Å². The van der Waals surface area contributed by atoms with Gasteiger partial charge in [0.15, 0.2) is 0 Å². The van der Waals surface area contributed by atoms with Gasteiger partial charge in [0.1, 0.15) is 0 Å². The van der Waals surface area contributed by atoms with E-state index in [9.17, 15) is 0 Å². The lowest BCUT2D eigenvalue weighted by Crippen LogP contribution is -2.31. The molecule has 1 aliphatic heterocycles. The van der Waals surface area contributed by atoms with Crippen LogP contribution in [0.1, 0.15) is 25.7 Å². The first-order chi connectivity index (χ1) is 17.8. The molecule has 36 heavy (non-hydrogen) atoms. The second-order valence-electron chi connectivity index (χ2n) is 9.75. The van der Waals surface area contributed by atoms with Gasteiger partial charge in [-0.15, -0.1) is 0 Å². The Morgan fingerprint density at radius 1 is 0.750 bits per heavy atom. The van der Waals surface area contributed by atoms with Crippen LogP contribution in [0.5, 0.6) is 0 Å². The molecule has 0 aliphatic carbocycles. The molecule has 6 rings (SSSR count). The standard InChI is InChI=1S/C32H32N4/c1-3-11-28(12-4-1)34-31-16-21-36(20-9-19-35-17-7-2-8-18-35)32-23-25(14-15-29(31)32)27-22-26-10-5-6-13-30(26)33-24-27/h1,3-6,10-16,21-24H,2,7-9,17-20H2. The number of rotatable bonds is 6. The zero-order chi connectivity index (χ0) is 24.2. The average Bonchev–Trinajstić information content (AvgIpc) is 2.95. The highest BCUT2D eigenvalue weighted by atomic mass is 15.1. The molecule has 1 fully saturated rings. The molecule has 0 atom stereocenters. The third-order valence-corrected chi connectivity index (χ3v) is 7.25. The quantitative estimate of drug-likeness (QED) is 0.267. The summed E-state index contributed by atoms with van der Waals surface area (Å²) in [6.07, 6.45) is 9.42. The number of piperidine rings is 1. The molecule has 4 heteroatoms. The zero-order valence-corrected chi connectivity index (χ0v) is 20.7. The predicted octanol–water partition coefficient (Wildman–Crippen LogP) is 6.96. The number of hydrogen-bond acceptors (Lipinski definition) is 3. The van der Waals surface area contributed by atoms with Crippen LogP contribution in [0.15, 0.2) is 102 Å². The number of likely N-dealkylation sites (tertiary alicyclic amines) is 1. The number of aryl methyl sites for hydroxylation is 1. The molecule has 0 radical (unpaired) electrons. The second kappa shape index (κ2) is 10.5. The maximum atomic E-state index is 4.97. The zero-order valence-electron chi connectivity index (χ0n) is 20.7. The Labute approximate surface area is 212 Å². The molecule has 5 aromatic rings. The highest BCUT2D eigenvalue weighted by molar-refractivity contribution is 5.88. The van der Waals surface area contributed by atoms with Gasteiger partial charge in [-0.2, -0.15) is 0 Å². The molecule has 1 saturated heterocycles. The van der Waals surface area contributed by atoms with Crippen molar-refractivity contribution in [3.63, 3.8) is 0 Å². The fourth-order valence-electron chi connectivity index (χ4n) is 5.31. The molecule has 0 bridgehead atoms. The van der Waals surface area contributed by atoms with Crippen LogP contribution in [0.3, 0.4) is 0 Å². The van der Waals surface area contributed by atoms with Crippen molar-refractivity contribution in [3.05, 3.63) is 103 Å². The number of nitrogens with zero attached hydrogens (tertiary/aromatic N) is 4. The average molecular weight is 473 g/mol. The van der Waals surface area contributed by atoms with E-state index in [2.05, 4.69) is 76.3 Å². The number of aromatic nitrogens is 2. The molecule has 0 amide bonds. The van der Waals surface area contributed by atoms with Gasteiger partial charge in [0.2, 0.25) is 0 Å². The summed E-state index contributed by atoms with van der Waals surface area (Å²) in [6.45, 7) is 4.66. The molecule has 1 aliphatic rings. The summed E-state index contributed by atoms with van der Waals surface area (Å²) in [5.41, 5.74) is 5.54. The number of benzene rings is 3. The van der Waals surface area contributed by atoms with Crippen LogP contribution < -0.4 is 5.36 Å². The third-order valence-electron chi connectivity index (χ3n) is 7.25. The van der Waals surface area contributed by atoms with Crippen LogP contribution in [0.25, 0.3) is 32.9 Å². The van der Waals surface area contributed by atoms with Gasteiger partial charge in [-0.25, -0.2) is 4.99 Å². The Kier molecular flexibility index (Phi) is 6.60. The van der Waals surface area contributed by atoms with Crippen molar-refractivity contribution >= 4 is 27.5 Å². The van der Waals surface area contributed by atoms with Gasteiger partial charge in [-0.3, -0.25) is 4.98 Å². The molecule has 180 valence electrons. The number of para-hydroxylation sites is 2. The highest BCUT2D eigenvalue weighted by Crippen LogP contribution is 2.26. The minimum atomic E-state index is 0.976. The van der Waals surface area contributed by atoms with Gasteiger partial charge in [0.05, 0.1) is 22.1 Å². The fourth-order valence-corrected chi connectivity index (χ4v) is 5.31. The first-order valence-corrected chi connectivity index (χ1v) is 13.1. The van der Waals surface area contributed by atoms with Crippen molar-refractivity contribution in [1.82, 2.24) is 14.5 Å². The maximum absolute atomic E-state index is 4.97. The van der Waals surface area contributed by atoms with Gasteiger partial charge in [0, 0.05) is 35.3 Å². The normalized spacial score (nSPS) is 15.1. The molecular formula is C32H32N4. The molecule has 3 heterocycles. The van der Waals surface area contributed by atoms with E-state index in [0.29, 0.717) is 0 Å². The largest absolute Gasteiger partial charge is 0.347 e. The van der Waals surface area contributed by atoms with Crippen molar-refractivity contribution in [2.75, 3.05) is 19.6 Å². The van der Waals surface area contributed by atoms with Crippen molar-refractivity contribution in [1.29, 1.82) is 0 Å². The summed E-state index contributed by atoms with van der Waals surface area (Å²) in [5, 5.41) is 3.35. The number of hydrogen-bond donors (Lipinski definition) is 0.